The highest BCUT2D eigenvalue weighted by Gasteiger charge is 2.41. The van der Waals surface area contributed by atoms with Crippen LogP contribution in [0.25, 0.3) is 0 Å². The molecule has 1 aliphatic rings. The molecule has 0 atom stereocenters. The molecule has 0 saturated heterocycles. The van der Waals surface area contributed by atoms with Gasteiger partial charge < -0.3 is 5.73 Å². The average Bonchev–Trinajstić information content (AvgIpc) is 3.05. The number of nitrogens with two attached hydrogens (primary N) is 1. The summed E-state index contributed by atoms with van der Waals surface area (Å²) in [6, 6.07) is 2.91. The van der Waals surface area contributed by atoms with Crippen molar-refractivity contribution in [1.82, 2.24) is 4.72 Å². The maximum atomic E-state index is 12.4. The second kappa shape index (κ2) is 4.91. The molecule has 7 heteroatoms. The number of benzene rings is 1. The lowest BCUT2D eigenvalue weighted by Crippen LogP contribution is -2.45. The predicted octanol–water partition coefficient (Wildman–Crippen LogP) is 3.15. The summed E-state index contributed by atoms with van der Waals surface area (Å²) >= 11 is 9.09. The molecule has 19 heavy (non-hydrogen) atoms. The molecule has 0 radical (unpaired) electrons. The lowest BCUT2D eigenvalue weighted by atomic mass is 10.0. The number of halogens is 2. The van der Waals surface area contributed by atoms with Gasteiger partial charge in [-0.25, -0.2) is 13.1 Å². The van der Waals surface area contributed by atoms with Crippen molar-refractivity contribution in [2.24, 2.45) is 5.92 Å². The molecule has 0 heterocycles. The molecule has 106 valence electrons. The van der Waals surface area contributed by atoms with E-state index in [-0.39, 0.29) is 4.90 Å². The third-order valence-electron chi connectivity index (χ3n) is 3.32. The quantitative estimate of drug-likeness (QED) is 0.803. The summed E-state index contributed by atoms with van der Waals surface area (Å²) in [5.74, 6) is 0.387. The van der Waals surface area contributed by atoms with Crippen molar-refractivity contribution in [3.8, 4) is 0 Å². The molecule has 0 amide bonds. The first-order valence-corrected chi connectivity index (χ1v) is 8.57. The molecule has 2 rings (SSSR count). The van der Waals surface area contributed by atoms with Crippen LogP contribution in [0, 0.1) is 5.92 Å². The molecule has 0 aliphatic heterocycles. The van der Waals surface area contributed by atoms with Crippen LogP contribution >= 0.6 is 27.5 Å². The van der Waals surface area contributed by atoms with Gasteiger partial charge in [-0.05, 0) is 60.7 Å². The number of nitrogen functional groups attached to an aromatic ring is 1. The Kier molecular flexibility index (Phi) is 3.90. The molecule has 1 saturated carbocycles. The van der Waals surface area contributed by atoms with E-state index in [1.165, 1.54) is 12.1 Å². The van der Waals surface area contributed by atoms with Crippen molar-refractivity contribution in [1.29, 1.82) is 0 Å². The molecule has 0 spiro atoms. The van der Waals surface area contributed by atoms with Crippen LogP contribution in [0.2, 0.25) is 5.02 Å². The van der Waals surface area contributed by atoms with Gasteiger partial charge in [-0.1, -0.05) is 11.6 Å². The smallest absolute Gasteiger partial charge is 0.242 e. The van der Waals surface area contributed by atoms with Gasteiger partial charge in [0.15, 0.2) is 0 Å². The Labute approximate surface area is 126 Å². The van der Waals surface area contributed by atoms with E-state index in [1.54, 1.807) is 0 Å². The van der Waals surface area contributed by atoms with Gasteiger partial charge in [-0.3, -0.25) is 0 Å². The van der Waals surface area contributed by atoms with E-state index in [2.05, 4.69) is 20.7 Å². The Hall–Kier alpha value is -0.300. The highest BCUT2D eigenvalue weighted by molar-refractivity contribution is 9.10. The molecule has 1 aromatic rings. The van der Waals surface area contributed by atoms with E-state index >= 15 is 0 Å². The standard InChI is InChI=1S/C12H16BrClN2O2S/c1-12(2,7-3-4-7)16-19(17,18)10-6-8(14)5-9(15)11(10)13/h5-7,16H,3-4,15H2,1-2H3. The molecule has 0 bridgehead atoms. The van der Waals surface area contributed by atoms with Crippen molar-refractivity contribution in [2.75, 3.05) is 5.73 Å². The highest BCUT2D eigenvalue weighted by atomic mass is 79.9. The fourth-order valence-corrected chi connectivity index (χ4v) is 4.83. The van der Waals surface area contributed by atoms with Gasteiger partial charge in [0, 0.05) is 16.2 Å². The first-order valence-electron chi connectivity index (χ1n) is 5.92. The van der Waals surface area contributed by atoms with Crippen molar-refractivity contribution in [3.05, 3.63) is 21.6 Å². The number of nitrogens with one attached hydrogen (secondary N) is 1. The first-order chi connectivity index (χ1) is 8.63. The zero-order valence-corrected chi connectivity index (χ0v) is 13.9. The molecular formula is C12H16BrClN2O2S. The number of hydrogen-bond acceptors (Lipinski definition) is 3. The Balaban J connectivity index is 2.39. The summed E-state index contributed by atoms with van der Waals surface area (Å²) in [5.41, 5.74) is 5.57. The fourth-order valence-electron chi connectivity index (χ4n) is 2.07. The summed E-state index contributed by atoms with van der Waals surface area (Å²) < 4.78 is 28.0. The fraction of sp³-hybridized carbons (Fsp3) is 0.500. The minimum atomic E-state index is -3.66. The molecule has 1 fully saturated rings. The van der Waals surface area contributed by atoms with Crippen LogP contribution in [0.5, 0.6) is 0 Å². The SMILES string of the molecule is CC(C)(NS(=O)(=O)c1cc(Cl)cc(N)c1Br)C1CC1. The van der Waals surface area contributed by atoms with Gasteiger partial charge in [0.1, 0.15) is 0 Å². The van der Waals surface area contributed by atoms with Crippen LogP contribution in [0.3, 0.4) is 0 Å². The summed E-state index contributed by atoms with van der Waals surface area (Å²) in [5, 5.41) is 0.297. The Bertz CT molecular complexity index is 612. The van der Waals surface area contributed by atoms with Gasteiger partial charge in [-0.15, -0.1) is 0 Å². The average molecular weight is 368 g/mol. The van der Waals surface area contributed by atoms with E-state index in [1.807, 2.05) is 13.8 Å². The third kappa shape index (κ3) is 3.24. The molecule has 1 aromatic carbocycles. The van der Waals surface area contributed by atoms with Gasteiger partial charge in [0.2, 0.25) is 10.0 Å². The lowest BCUT2D eigenvalue weighted by molar-refractivity contribution is 0.400. The first kappa shape index (κ1) is 15.1. The second-order valence-corrected chi connectivity index (χ2v) is 8.29. The van der Waals surface area contributed by atoms with Crippen molar-refractivity contribution < 1.29 is 8.42 Å². The van der Waals surface area contributed by atoms with Gasteiger partial charge in [-0.2, -0.15) is 0 Å². The van der Waals surface area contributed by atoms with E-state index in [4.69, 9.17) is 17.3 Å². The lowest BCUT2D eigenvalue weighted by Gasteiger charge is -2.26. The van der Waals surface area contributed by atoms with Gasteiger partial charge in [0.25, 0.3) is 0 Å². The van der Waals surface area contributed by atoms with Crippen molar-refractivity contribution >= 4 is 43.2 Å². The number of rotatable bonds is 4. The van der Waals surface area contributed by atoms with Crippen LogP contribution < -0.4 is 10.5 Å². The van der Waals surface area contributed by atoms with Crippen molar-refractivity contribution in [3.63, 3.8) is 0 Å². The Morgan fingerprint density at radius 1 is 1.42 bits per heavy atom. The predicted molar refractivity (Wildman–Crippen MR) is 80.7 cm³/mol. The maximum absolute atomic E-state index is 12.4. The zero-order chi connectivity index (χ0) is 14.4. The van der Waals surface area contributed by atoms with E-state index in [0.29, 0.717) is 21.1 Å². The summed E-state index contributed by atoms with van der Waals surface area (Å²) in [4.78, 5) is 0.0752. The molecular weight excluding hydrogens is 352 g/mol. The molecule has 0 unspecified atom stereocenters. The van der Waals surface area contributed by atoms with E-state index < -0.39 is 15.6 Å². The summed E-state index contributed by atoms with van der Waals surface area (Å²) in [7, 11) is -3.66. The monoisotopic (exact) mass is 366 g/mol. The Morgan fingerprint density at radius 2 is 2.00 bits per heavy atom. The number of sulfonamides is 1. The van der Waals surface area contributed by atoms with Crippen LogP contribution in [-0.4, -0.2) is 14.0 Å². The van der Waals surface area contributed by atoms with Crippen LogP contribution in [0.1, 0.15) is 26.7 Å². The number of hydrogen-bond donors (Lipinski definition) is 2. The second-order valence-electron chi connectivity index (χ2n) is 5.41. The van der Waals surface area contributed by atoms with Gasteiger partial charge in [0.05, 0.1) is 9.37 Å². The van der Waals surface area contributed by atoms with Crippen LogP contribution in [-0.2, 0) is 10.0 Å². The Morgan fingerprint density at radius 3 is 2.53 bits per heavy atom. The minimum Gasteiger partial charge on any atom is -0.398 e. The minimum absolute atomic E-state index is 0.0752. The van der Waals surface area contributed by atoms with Gasteiger partial charge >= 0.3 is 0 Å². The maximum Gasteiger partial charge on any atom is 0.242 e. The molecule has 1 aliphatic carbocycles. The number of anilines is 1. The topological polar surface area (TPSA) is 72.2 Å². The summed E-state index contributed by atoms with van der Waals surface area (Å²) in [6.45, 7) is 3.79. The summed E-state index contributed by atoms with van der Waals surface area (Å²) in [6.07, 6.45) is 2.10. The largest absolute Gasteiger partial charge is 0.398 e. The molecule has 3 N–H and O–H groups in total. The highest BCUT2D eigenvalue weighted by Crippen LogP contribution is 2.40. The molecule has 0 aromatic heterocycles. The third-order valence-corrected chi connectivity index (χ3v) is 6.38. The van der Waals surface area contributed by atoms with E-state index in [9.17, 15) is 8.42 Å². The van der Waals surface area contributed by atoms with Crippen LogP contribution in [0.15, 0.2) is 21.5 Å². The van der Waals surface area contributed by atoms with Crippen molar-refractivity contribution in [2.45, 2.75) is 37.1 Å². The molecule has 4 nitrogen and oxygen atoms in total. The normalized spacial score (nSPS) is 16.6. The van der Waals surface area contributed by atoms with E-state index in [0.717, 1.165) is 12.8 Å². The van der Waals surface area contributed by atoms with Crippen LogP contribution in [0.4, 0.5) is 5.69 Å². The zero-order valence-electron chi connectivity index (χ0n) is 10.7.